The number of aliphatic imine (C=N–C) groups is 1. The highest BCUT2D eigenvalue weighted by Gasteiger charge is 2.53. The Morgan fingerprint density at radius 3 is 2.45 bits per heavy atom. The molecule has 2 saturated heterocycles. The molecule has 0 radical (unpaired) electrons. The monoisotopic (exact) mass is 428 g/mol. The molecule has 2 bridgehead atoms. The normalized spacial score (nSPS) is 48.4. The van der Waals surface area contributed by atoms with E-state index in [2.05, 4.69) is 18.9 Å². The molecule has 0 aromatic carbocycles. The van der Waals surface area contributed by atoms with Crippen LogP contribution in [0.5, 0.6) is 0 Å². The Bertz CT molecular complexity index is 643. The number of nitrogens with zero attached hydrogens (tertiary/aromatic N) is 2. The highest BCUT2D eigenvalue weighted by molar-refractivity contribution is 8.14. The predicted octanol–water partition coefficient (Wildman–Crippen LogP) is 6.16. The molecule has 29 heavy (non-hydrogen) atoms. The lowest BCUT2D eigenvalue weighted by atomic mass is 9.67. The van der Waals surface area contributed by atoms with E-state index in [1.807, 2.05) is 11.8 Å². The summed E-state index contributed by atoms with van der Waals surface area (Å²) < 4.78 is 39.9. The van der Waals surface area contributed by atoms with Crippen LogP contribution in [0.1, 0.15) is 71.1 Å². The van der Waals surface area contributed by atoms with E-state index in [0.29, 0.717) is 42.0 Å². The van der Waals surface area contributed by atoms with Crippen molar-refractivity contribution in [3.8, 4) is 0 Å². The molecule has 5 aliphatic rings. The van der Waals surface area contributed by atoms with Crippen molar-refractivity contribution in [2.24, 2.45) is 34.6 Å². The van der Waals surface area contributed by atoms with Gasteiger partial charge in [-0.3, -0.25) is 9.89 Å². The van der Waals surface area contributed by atoms with Gasteiger partial charge in [0.15, 0.2) is 0 Å². The molecule has 4 unspecified atom stereocenters. The van der Waals surface area contributed by atoms with Crippen molar-refractivity contribution in [1.29, 1.82) is 0 Å². The Balaban J connectivity index is 1.38. The molecule has 0 aromatic rings. The minimum absolute atomic E-state index is 0.105. The zero-order valence-corrected chi connectivity index (χ0v) is 18.5. The van der Waals surface area contributed by atoms with E-state index >= 15 is 0 Å². The zero-order chi connectivity index (χ0) is 20.3. The molecule has 2 aliphatic carbocycles. The third-order valence-corrected chi connectivity index (χ3v) is 10.5. The fourth-order valence-corrected chi connectivity index (χ4v) is 8.83. The second-order valence-corrected chi connectivity index (χ2v) is 11.9. The van der Waals surface area contributed by atoms with E-state index in [0.717, 1.165) is 11.8 Å². The van der Waals surface area contributed by atoms with Crippen LogP contribution < -0.4 is 0 Å². The molecule has 3 aliphatic heterocycles. The van der Waals surface area contributed by atoms with E-state index in [1.54, 1.807) is 0 Å². The largest absolute Gasteiger partial charge is 0.391 e. The third-order valence-electron chi connectivity index (χ3n) is 9.05. The van der Waals surface area contributed by atoms with Crippen molar-refractivity contribution in [2.75, 3.05) is 7.05 Å². The van der Waals surface area contributed by atoms with Crippen LogP contribution in [0, 0.1) is 29.6 Å². The van der Waals surface area contributed by atoms with Crippen molar-refractivity contribution < 1.29 is 13.2 Å². The first-order valence-electron chi connectivity index (χ1n) is 11.8. The van der Waals surface area contributed by atoms with E-state index in [-0.39, 0.29) is 12.5 Å². The highest BCUT2D eigenvalue weighted by atomic mass is 32.2. The average molecular weight is 429 g/mol. The van der Waals surface area contributed by atoms with Gasteiger partial charge in [-0.2, -0.15) is 13.2 Å². The summed E-state index contributed by atoms with van der Waals surface area (Å²) >= 11 is 1.88. The first kappa shape index (κ1) is 20.7. The van der Waals surface area contributed by atoms with E-state index in [1.165, 1.54) is 50.0 Å². The van der Waals surface area contributed by atoms with Crippen LogP contribution in [0.2, 0.25) is 0 Å². The maximum atomic E-state index is 13.3. The quantitative estimate of drug-likeness (QED) is 0.524. The number of alkyl halides is 3. The fourth-order valence-electron chi connectivity index (χ4n) is 7.25. The van der Waals surface area contributed by atoms with Gasteiger partial charge in [-0.05, 0) is 76.2 Å². The van der Waals surface area contributed by atoms with Gasteiger partial charge < -0.3 is 0 Å². The number of piperidine rings is 1. The standard InChI is InChI=1S/C23H35F3N2S/c1-13-3-5-14(6-4-13)17-12-16-8-9-19(28(16)2)21(17)22-27-18-11-15(23(24,25)26)7-10-20(18)29-22/h13-21H,3-12H2,1-2H3/t13?,14?,15?,16-,17-,18?,19?,20?,21-/m1/s1. The molecule has 3 heterocycles. The lowest BCUT2D eigenvalue weighted by Crippen LogP contribution is -2.51. The van der Waals surface area contributed by atoms with Gasteiger partial charge in [-0.25, -0.2) is 0 Å². The molecule has 7 atom stereocenters. The average Bonchev–Trinajstić information content (AvgIpc) is 3.19. The fraction of sp³-hybridized carbons (Fsp3) is 0.957. The maximum absolute atomic E-state index is 13.3. The van der Waals surface area contributed by atoms with Gasteiger partial charge in [0.1, 0.15) is 0 Å². The van der Waals surface area contributed by atoms with Crippen LogP contribution in [0.3, 0.4) is 0 Å². The summed E-state index contributed by atoms with van der Waals surface area (Å²) in [5.74, 6) is 1.67. The third kappa shape index (κ3) is 3.79. The predicted molar refractivity (Wildman–Crippen MR) is 113 cm³/mol. The number of hydrogen-bond acceptors (Lipinski definition) is 3. The number of thioether (sulfide) groups is 1. The molecule has 4 fully saturated rings. The molecule has 0 aromatic heterocycles. The van der Waals surface area contributed by atoms with Crippen LogP contribution >= 0.6 is 11.8 Å². The smallest absolute Gasteiger partial charge is 0.300 e. The van der Waals surface area contributed by atoms with Crippen molar-refractivity contribution in [3.63, 3.8) is 0 Å². The maximum Gasteiger partial charge on any atom is 0.391 e. The molecule has 164 valence electrons. The van der Waals surface area contributed by atoms with Crippen LogP contribution in [0.15, 0.2) is 4.99 Å². The van der Waals surface area contributed by atoms with Crippen LogP contribution in [-0.4, -0.2) is 46.5 Å². The van der Waals surface area contributed by atoms with Gasteiger partial charge in [0.2, 0.25) is 0 Å². The molecule has 0 spiro atoms. The molecular weight excluding hydrogens is 393 g/mol. The van der Waals surface area contributed by atoms with Gasteiger partial charge in [-0.1, -0.05) is 19.8 Å². The van der Waals surface area contributed by atoms with Gasteiger partial charge >= 0.3 is 6.18 Å². The lowest BCUT2D eigenvalue weighted by molar-refractivity contribution is -0.182. The summed E-state index contributed by atoms with van der Waals surface area (Å²) in [5.41, 5.74) is 0. The Hall–Kier alpha value is -0.230. The Labute approximate surface area is 177 Å². The van der Waals surface area contributed by atoms with Crippen molar-refractivity contribution in [2.45, 2.75) is 101 Å². The van der Waals surface area contributed by atoms with Crippen molar-refractivity contribution in [1.82, 2.24) is 4.90 Å². The number of fused-ring (bicyclic) bond motifs is 3. The molecule has 6 heteroatoms. The Kier molecular flexibility index (Phi) is 5.50. The molecule has 0 amide bonds. The minimum Gasteiger partial charge on any atom is -0.300 e. The topological polar surface area (TPSA) is 15.6 Å². The molecule has 2 saturated carbocycles. The summed E-state index contributed by atoms with van der Waals surface area (Å²) in [5, 5.41) is 1.53. The first-order chi connectivity index (χ1) is 13.8. The summed E-state index contributed by atoms with van der Waals surface area (Å²) in [4.78, 5) is 7.66. The summed E-state index contributed by atoms with van der Waals surface area (Å²) in [7, 11) is 2.28. The first-order valence-corrected chi connectivity index (χ1v) is 12.7. The van der Waals surface area contributed by atoms with Gasteiger partial charge in [0, 0.05) is 23.3 Å². The summed E-state index contributed by atoms with van der Waals surface area (Å²) in [6, 6.07) is 1.17. The summed E-state index contributed by atoms with van der Waals surface area (Å²) in [6.07, 6.45) is 6.30. The Morgan fingerprint density at radius 2 is 1.72 bits per heavy atom. The molecule has 0 N–H and O–H groups in total. The van der Waals surface area contributed by atoms with Gasteiger partial charge in [-0.15, -0.1) is 11.8 Å². The molecule has 5 rings (SSSR count). The number of halogens is 3. The second-order valence-electron chi connectivity index (χ2n) is 10.7. The van der Waals surface area contributed by atoms with Crippen LogP contribution in [0.4, 0.5) is 13.2 Å². The molecular formula is C23H35F3N2S. The van der Waals surface area contributed by atoms with Crippen LogP contribution in [-0.2, 0) is 0 Å². The highest BCUT2D eigenvalue weighted by Crippen LogP contribution is 2.53. The zero-order valence-electron chi connectivity index (χ0n) is 17.7. The molecule has 2 nitrogen and oxygen atoms in total. The Morgan fingerprint density at radius 1 is 0.966 bits per heavy atom. The SMILES string of the molecule is CC1CCC([C@H]2C[C@H]3CCC([C@@H]2C2=NC4CC(C(F)(F)F)CCC4S2)N3C)CC1. The van der Waals surface area contributed by atoms with E-state index in [9.17, 15) is 13.2 Å². The lowest BCUT2D eigenvalue weighted by Gasteiger charge is -2.47. The minimum atomic E-state index is -4.06. The number of hydrogen-bond donors (Lipinski definition) is 0. The van der Waals surface area contributed by atoms with E-state index < -0.39 is 12.1 Å². The second kappa shape index (κ2) is 7.72. The van der Waals surface area contributed by atoms with Crippen LogP contribution in [0.25, 0.3) is 0 Å². The van der Waals surface area contributed by atoms with E-state index in [4.69, 9.17) is 4.99 Å². The van der Waals surface area contributed by atoms with Crippen molar-refractivity contribution >= 4 is 16.8 Å². The number of rotatable bonds is 2. The van der Waals surface area contributed by atoms with Gasteiger partial charge in [0.05, 0.1) is 17.0 Å². The summed E-state index contributed by atoms with van der Waals surface area (Å²) in [6.45, 7) is 2.38. The van der Waals surface area contributed by atoms with Gasteiger partial charge in [0.25, 0.3) is 0 Å². The van der Waals surface area contributed by atoms with Crippen molar-refractivity contribution in [3.05, 3.63) is 0 Å².